The second kappa shape index (κ2) is 5.83. The van der Waals surface area contributed by atoms with Gasteiger partial charge in [0.25, 0.3) is 0 Å². The number of rotatable bonds is 4. The first kappa shape index (κ1) is 14.0. The van der Waals surface area contributed by atoms with E-state index in [2.05, 4.69) is 12.0 Å². The Labute approximate surface area is 122 Å². The predicted molar refractivity (Wildman–Crippen MR) is 78.1 cm³/mol. The molecule has 1 aromatic carbocycles. The molecule has 2 aromatic rings. The molecule has 21 heavy (non-hydrogen) atoms. The molecule has 1 unspecified atom stereocenters. The van der Waals surface area contributed by atoms with Gasteiger partial charge in [-0.1, -0.05) is 18.2 Å². The van der Waals surface area contributed by atoms with Crippen molar-refractivity contribution in [2.45, 2.75) is 26.1 Å². The van der Waals surface area contributed by atoms with Crippen LogP contribution in [0.25, 0.3) is 10.9 Å². The lowest BCUT2D eigenvalue weighted by molar-refractivity contribution is -0.150. The maximum absolute atomic E-state index is 11.3. The van der Waals surface area contributed by atoms with Crippen LogP contribution >= 0.6 is 0 Å². The van der Waals surface area contributed by atoms with Gasteiger partial charge in [-0.05, 0) is 13.0 Å². The lowest BCUT2D eigenvalue weighted by atomic mass is 10.1. The summed E-state index contributed by atoms with van der Waals surface area (Å²) in [6.45, 7) is 4.81. The van der Waals surface area contributed by atoms with Gasteiger partial charge in [-0.25, -0.2) is 0 Å². The maximum Gasteiger partial charge on any atom is 0.323 e. The molecule has 0 saturated carbocycles. The van der Waals surface area contributed by atoms with Crippen LogP contribution in [-0.2, 0) is 22.6 Å². The van der Waals surface area contributed by atoms with E-state index in [-0.39, 0.29) is 6.61 Å². The highest BCUT2D eigenvalue weighted by Crippen LogP contribution is 2.21. The fourth-order valence-corrected chi connectivity index (χ4v) is 2.80. The second-order valence-corrected chi connectivity index (χ2v) is 5.18. The number of aromatic nitrogens is 2. The Morgan fingerprint density at radius 1 is 1.48 bits per heavy atom. The monoisotopic (exact) mass is 289 g/mol. The first-order valence-electron chi connectivity index (χ1n) is 7.19. The first-order chi connectivity index (χ1) is 10.2. The minimum absolute atomic E-state index is 0.238. The second-order valence-electron chi connectivity index (χ2n) is 5.18. The molecule has 1 atom stereocenters. The van der Waals surface area contributed by atoms with Gasteiger partial charge >= 0.3 is 5.97 Å². The van der Waals surface area contributed by atoms with Gasteiger partial charge in [-0.2, -0.15) is 5.10 Å². The van der Waals surface area contributed by atoms with E-state index in [1.54, 1.807) is 0 Å². The maximum atomic E-state index is 11.3. The normalized spacial score (nSPS) is 20.0. The SMILES string of the molecule is CCn1nc(CN2CCOCC2C(=O)O)c2ccccc21. The summed E-state index contributed by atoms with van der Waals surface area (Å²) in [6, 6.07) is 7.48. The van der Waals surface area contributed by atoms with E-state index < -0.39 is 12.0 Å². The molecule has 2 heterocycles. The molecule has 1 saturated heterocycles. The number of fused-ring (bicyclic) bond motifs is 1. The van der Waals surface area contributed by atoms with Gasteiger partial charge in [0.1, 0.15) is 6.04 Å². The number of benzene rings is 1. The Bertz CT molecular complexity index is 653. The van der Waals surface area contributed by atoms with Crippen molar-refractivity contribution in [3.05, 3.63) is 30.0 Å². The number of carbonyl (C=O) groups is 1. The minimum atomic E-state index is -0.839. The van der Waals surface area contributed by atoms with Crippen molar-refractivity contribution in [2.24, 2.45) is 0 Å². The van der Waals surface area contributed by atoms with E-state index >= 15 is 0 Å². The molecule has 6 nitrogen and oxygen atoms in total. The highest BCUT2D eigenvalue weighted by molar-refractivity contribution is 5.82. The van der Waals surface area contributed by atoms with Crippen molar-refractivity contribution in [3.63, 3.8) is 0 Å². The zero-order chi connectivity index (χ0) is 14.8. The zero-order valence-electron chi connectivity index (χ0n) is 12.0. The number of aryl methyl sites for hydroxylation is 1. The fraction of sp³-hybridized carbons (Fsp3) is 0.467. The predicted octanol–water partition coefficient (Wildman–Crippen LogP) is 1.34. The number of ether oxygens (including phenoxy) is 1. The lowest BCUT2D eigenvalue weighted by Crippen LogP contribution is -2.49. The molecule has 0 bridgehead atoms. The van der Waals surface area contributed by atoms with Crippen LogP contribution in [0.15, 0.2) is 24.3 Å². The third kappa shape index (κ3) is 2.64. The number of hydrogen-bond acceptors (Lipinski definition) is 4. The molecule has 0 amide bonds. The average Bonchev–Trinajstić information content (AvgIpc) is 2.86. The van der Waals surface area contributed by atoms with Crippen molar-refractivity contribution >= 4 is 16.9 Å². The van der Waals surface area contributed by atoms with E-state index in [0.717, 1.165) is 23.1 Å². The van der Waals surface area contributed by atoms with Gasteiger partial charge in [-0.3, -0.25) is 14.4 Å². The number of aliphatic carboxylic acids is 1. The van der Waals surface area contributed by atoms with Gasteiger partial charge in [0.05, 0.1) is 24.4 Å². The van der Waals surface area contributed by atoms with Crippen LogP contribution in [0.4, 0.5) is 0 Å². The summed E-state index contributed by atoms with van der Waals surface area (Å²) in [5.74, 6) is -0.839. The van der Waals surface area contributed by atoms with E-state index in [9.17, 15) is 9.90 Å². The number of carboxylic acids is 1. The molecule has 112 valence electrons. The Balaban J connectivity index is 1.92. The molecule has 0 radical (unpaired) electrons. The van der Waals surface area contributed by atoms with E-state index in [1.165, 1.54) is 0 Å². The third-order valence-electron chi connectivity index (χ3n) is 3.91. The van der Waals surface area contributed by atoms with Crippen LogP contribution in [0.1, 0.15) is 12.6 Å². The molecular formula is C15H19N3O3. The topological polar surface area (TPSA) is 67.6 Å². The summed E-state index contributed by atoms with van der Waals surface area (Å²) in [7, 11) is 0. The van der Waals surface area contributed by atoms with Crippen LogP contribution in [0, 0.1) is 0 Å². The smallest absolute Gasteiger partial charge is 0.323 e. The number of carboxylic acid groups (broad SMARTS) is 1. The number of hydrogen-bond donors (Lipinski definition) is 1. The fourth-order valence-electron chi connectivity index (χ4n) is 2.80. The Morgan fingerprint density at radius 3 is 3.05 bits per heavy atom. The summed E-state index contributed by atoms with van der Waals surface area (Å²) < 4.78 is 7.24. The molecule has 1 aliphatic heterocycles. The standard InChI is InChI=1S/C15H19N3O3/c1-2-18-13-6-4-3-5-11(13)12(16-18)9-17-7-8-21-10-14(17)15(19)20/h3-6,14H,2,7-10H2,1H3,(H,19,20). The van der Waals surface area contributed by atoms with E-state index in [0.29, 0.717) is 19.7 Å². The molecule has 6 heteroatoms. The van der Waals surface area contributed by atoms with Crippen molar-refractivity contribution in [1.29, 1.82) is 0 Å². The molecule has 0 spiro atoms. The van der Waals surface area contributed by atoms with Gasteiger partial charge in [0.2, 0.25) is 0 Å². The van der Waals surface area contributed by atoms with Gasteiger partial charge in [0.15, 0.2) is 0 Å². The highest BCUT2D eigenvalue weighted by Gasteiger charge is 2.30. The van der Waals surface area contributed by atoms with Crippen molar-refractivity contribution in [3.8, 4) is 0 Å². The Hall–Kier alpha value is -1.92. The van der Waals surface area contributed by atoms with Crippen LogP contribution in [-0.4, -0.2) is 51.6 Å². The molecule has 3 rings (SSSR count). The summed E-state index contributed by atoms with van der Waals surface area (Å²) in [5, 5.41) is 15.0. The molecular weight excluding hydrogens is 270 g/mol. The van der Waals surface area contributed by atoms with Crippen LogP contribution in [0.3, 0.4) is 0 Å². The van der Waals surface area contributed by atoms with Gasteiger partial charge in [-0.15, -0.1) is 0 Å². The van der Waals surface area contributed by atoms with E-state index in [4.69, 9.17) is 4.74 Å². The lowest BCUT2D eigenvalue weighted by Gasteiger charge is -2.32. The zero-order valence-corrected chi connectivity index (χ0v) is 12.0. The molecule has 1 N–H and O–H groups in total. The molecule has 1 fully saturated rings. The van der Waals surface area contributed by atoms with E-state index in [1.807, 2.05) is 33.8 Å². The first-order valence-corrected chi connectivity index (χ1v) is 7.19. The summed E-state index contributed by atoms with van der Waals surface area (Å²) in [5.41, 5.74) is 2.02. The molecule has 1 aromatic heterocycles. The summed E-state index contributed by atoms with van der Waals surface area (Å²) in [4.78, 5) is 13.3. The van der Waals surface area contributed by atoms with Crippen molar-refractivity contribution in [2.75, 3.05) is 19.8 Å². The average molecular weight is 289 g/mol. The quantitative estimate of drug-likeness (QED) is 0.920. The number of nitrogens with zero attached hydrogens (tertiary/aromatic N) is 3. The Kier molecular flexibility index (Phi) is 3.90. The largest absolute Gasteiger partial charge is 0.480 e. The summed E-state index contributed by atoms with van der Waals surface area (Å²) >= 11 is 0. The van der Waals surface area contributed by atoms with Crippen molar-refractivity contribution < 1.29 is 14.6 Å². The van der Waals surface area contributed by atoms with Gasteiger partial charge in [0, 0.05) is 25.0 Å². The number of para-hydroxylation sites is 1. The van der Waals surface area contributed by atoms with Crippen LogP contribution in [0.5, 0.6) is 0 Å². The van der Waals surface area contributed by atoms with Crippen LogP contribution in [0.2, 0.25) is 0 Å². The molecule has 1 aliphatic rings. The van der Waals surface area contributed by atoms with Gasteiger partial charge < -0.3 is 9.84 Å². The molecule has 0 aliphatic carbocycles. The van der Waals surface area contributed by atoms with Crippen LogP contribution < -0.4 is 0 Å². The highest BCUT2D eigenvalue weighted by atomic mass is 16.5. The Morgan fingerprint density at radius 2 is 2.29 bits per heavy atom. The minimum Gasteiger partial charge on any atom is -0.480 e. The number of morpholine rings is 1. The summed E-state index contributed by atoms with van der Waals surface area (Å²) in [6.07, 6.45) is 0. The third-order valence-corrected chi connectivity index (χ3v) is 3.91. The van der Waals surface area contributed by atoms with Crippen molar-refractivity contribution in [1.82, 2.24) is 14.7 Å².